The average Bonchev–Trinajstić information content (AvgIpc) is 3.49. The van der Waals surface area contributed by atoms with Gasteiger partial charge in [0.15, 0.2) is 6.10 Å². The molecule has 0 radical (unpaired) electrons. The number of rotatable bonds is 7. The van der Waals surface area contributed by atoms with Crippen LogP contribution in [0.2, 0.25) is 0 Å². The Bertz CT molecular complexity index is 1510. The third-order valence-corrected chi connectivity index (χ3v) is 7.82. The van der Waals surface area contributed by atoms with E-state index in [0.29, 0.717) is 38.9 Å². The summed E-state index contributed by atoms with van der Waals surface area (Å²) in [5.74, 6) is -0.373. The topological polar surface area (TPSA) is 110 Å². The molecule has 2 heterocycles. The highest BCUT2D eigenvalue weighted by atomic mass is 32.1. The van der Waals surface area contributed by atoms with Crippen molar-refractivity contribution in [1.29, 1.82) is 0 Å². The predicted molar refractivity (Wildman–Crippen MR) is 147 cm³/mol. The van der Waals surface area contributed by atoms with Crippen LogP contribution in [0, 0.1) is 5.92 Å². The molecule has 2 atom stereocenters. The average molecular weight is 532 g/mol. The van der Waals surface area contributed by atoms with Gasteiger partial charge in [0.1, 0.15) is 10.8 Å². The molecule has 0 spiro atoms. The molecule has 2 aromatic carbocycles. The maximum Gasteiger partial charge on any atom is 0.341 e. The number of amides is 1. The Morgan fingerprint density at radius 3 is 2.71 bits per heavy atom. The summed E-state index contributed by atoms with van der Waals surface area (Å²) in [5.41, 5.74) is 4.01. The molecular formula is C29H29N3O5S. The lowest BCUT2D eigenvalue weighted by molar-refractivity contribution is -0.123. The molecule has 0 bridgehead atoms. The number of thiophene rings is 1. The SMILES string of the molecule is CCOC(=O)c1c(NC(=O)C(C)OC(=O)c2ccc3nc(-c4ccccc4)[nH]c3c2)sc2c1CCC(C)C2. The molecule has 5 rings (SSSR count). The molecule has 2 N–H and O–H groups in total. The van der Waals surface area contributed by atoms with E-state index < -0.39 is 23.9 Å². The van der Waals surface area contributed by atoms with Crippen molar-refractivity contribution in [2.45, 2.75) is 46.1 Å². The minimum atomic E-state index is -1.08. The standard InChI is InChI=1S/C29H29N3O5S/c1-4-36-29(35)24-20-12-10-16(2)14-23(20)38-27(24)32-26(33)17(3)37-28(34)19-11-13-21-22(15-19)31-25(30-21)18-8-6-5-7-9-18/h5-9,11,13,15-17H,4,10,12,14H2,1-3H3,(H,30,31)(H,32,33). The zero-order valence-corrected chi connectivity index (χ0v) is 22.3. The molecule has 0 saturated carbocycles. The van der Waals surface area contributed by atoms with Crippen molar-refractivity contribution in [3.63, 3.8) is 0 Å². The minimum absolute atomic E-state index is 0.245. The van der Waals surface area contributed by atoms with E-state index in [1.165, 1.54) is 18.3 Å². The summed E-state index contributed by atoms with van der Waals surface area (Å²) >= 11 is 1.40. The van der Waals surface area contributed by atoms with Gasteiger partial charge in [0.25, 0.3) is 5.91 Å². The largest absolute Gasteiger partial charge is 0.462 e. The number of fused-ring (bicyclic) bond motifs is 2. The number of hydrogen-bond acceptors (Lipinski definition) is 7. The first-order valence-electron chi connectivity index (χ1n) is 12.7. The molecule has 9 heteroatoms. The van der Waals surface area contributed by atoms with Gasteiger partial charge in [-0.1, -0.05) is 37.3 Å². The first-order chi connectivity index (χ1) is 18.3. The van der Waals surface area contributed by atoms with Gasteiger partial charge in [0.05, 0.1) is 28.8 Å². The maximum absolute atomic E-state index is 13.0. The van der Waals surface area contributed by atoms with Crippen LogP contribution < -0.4 is 5.32 Å². The molecule has 1 aliphatic rings. The van der Waals surface area contributed by atoms with Crippen LogP contribution in [0.5, 0.6) is 0 Å². The molecular weight excluding hydrogens is 502 g/mol. The van der Waals surface area contributed by atoms with Gasteiger partial charge in [-0.25, -0.2) is 14.6 Å². The molecule has 0 fully saturated rings. The van der Waals surface area contributed by atoms with E-state index in [-0.39, 0.29) is 6.61 Å². The van der Waals surface area contributed by atoms with Gasteiger partial charge in [0, 0.05) is 10.4 Å². The first-order valence-corrected chi connectivity index (χ1v) is 13.5. The van der Waals surface area contributed by atoms with Crippen LogP contribution in [0.3, 0.4) is 0 Å². The van der Waals surface area contributed by atoms with E-state index in [0.717, 1.165) is 35.3 Å². The maximum atomic E-state index is 13.0. The third-order valence-electron chi connectivity index (χ3n) is 6.65. The lowest BCUT2D eigenvalue weighted by Crippen LogP contribution is -2.30. The number of nitrogens with one attached hydrogen (secondary N) is 2. The highest BCUT2D eigenvalue weighted by Gasteiger charge is 2.30. The van der Waals surface area contributed by atoms with Crippen LogP contribution in [0.4, 0.5) is 5.00 Å². The van der Waals surface area contributed by atoms with E-state index in [9.17, 15) is 14.4 Å². The molecule has 1 aliphatic carbocycles. The number of esters is 2. The van der Waals surface area contributed by atoms with Crippen molar-refractivity contribution in [1.82, 2.24) is 9.97 Å². The van der Waals surface area contributed by atoms with Gasteiger partial charge in [-0.2, -0.15) is 0 Å². The predicted octanol–water partition coefficient (Wildman–Crippen LogP) is 5.78. The van der Waals surface area contributed by atoms with Gasteiger partial charge in [-0.05, 0) is 62.8 Å². The fourth-order valence-electron chi connectivity index (χ4n) is 4.62. The Hall–Kier alpha value is -3.98. The van der Waals surface area contributed by atoms with Crippen LogP contribution in [-0.2, 0) is 27.1 Å². The van der Waals surface area contributed by atoms with Crippen molar-refractivity contribution in [3.8, 4) is 11.4 Å². The lowest BCUT2D eigenvalue weighted by atomic mass is 9.88. The second-order valence-corrected chi connectivity index (χ2v) is 10.6. The summed E-state index contributed by atoms with van der Waals surface area (Å²) in [7, 11) is 0. The molecule has 2 unspecified atom stereocenters. The van der Waals surface area contributed by atoms with Crippen LogP contribution in [0.1, 0.15) is 58.3 Å². The van der Waals surface area contributed by atoms with Crippen LogP contribution in [-0.4, -0.2) is 40.5 Å². The number of imidazole rings is 1. The number of aromatic amines is 1. The highest BCUT2D eigenvalue weighted by molar-refractivity contribution is 7.17. The Balaban J connectivity index is 1.30. The van der Waals surface area contributed by atoms with Gasteiger partial charge < -0.3 is 19.8 Å². The van der Waals surface area contributed by atoms with Gasteiger partial charge in [-0.3, -0.25) is 4.79 Å². The molecule has 38 heavy (non-hydrogen) atoms. The molecule has 196 valence electrons. The summed E-state index contributed by atoms with van der Waals surface area (Å²) in [6.07, 6.45) is 1.52. The van der Waals surface area contributed by atoms with Crippen LogP contribution in [0.15, 0.2) is 48.5 Å². The van der Waals surface area contributed by atoms with Crippen molar-refractivity contribution in [2.75, 3.05) is 11.9 Å². The second-order valence-electron chi connectivity index (χ2n) is 9.50. The minimum Gasteiger partial charge on any atom is -0.462 e. The normalized spacial score (nSPS) is 15.5. The zero-order chi connectivity index (χ0) is 26.8. The molecule has 0 saturated heterocycles. The van der Waals surface area contributed by atoms with Crippen molar-refractivity contribution < 1.29 is 23.9 Å². The number of aromatic nitrogens is 2. The van der Waals surface area contributed by atoms with E-state index in [1.807, 2.05) is 30.3 Å². The highest BCUT2D eigenvalue weighted by Crippen LogP contribution is 2.40. The summed E-state index contributed by atoms with van der Waals surface area (Å²) in [6.45, 7) is 5.68. The smallest absolute Gasteiger partial charge is 0.341 e. The van der Waals surface area contributed by atoms with E-state index in [4.69, 9.17) is 9.47 Å². The summed E-state index contributed by atoms with van der Waals surface area (Å²) in [6, 6.07) is 14.7. The van der Waals surface area contributed by atoms with E-state index >= 15 is 0 Å². The number of ether oxygens (including phenoxy) is 2. The molecule has 1 amide bonds. The number of H-pyrrole nitrogens is 1. The molecule has 8 nitrogen and oxygen atoms in total. The fourth-order valence-corrected chi connectivity index (χ4v) is 6.02. The number of nitrogens with zero attached hydrogens (tertiary/aromatic N) is 1. The van der Waals surface area contributed by atoms with Crippen molar-refractivity contribution >= 4 is 45.2 Å². The Morgan fingerprint density at radius 2 is 1.95 bits per heavy atom. The van der Waals surface area contributed by atoms with Gasteiger partial charge in [-0.15, -0.1) is 11.3 Å². The van der Waals surface area contributed by atoms with E-state index in [2.05, 4.69) is 22.2 Å². The zero-order valence-electron chi connectivity index (χ0n) is 21.5. The Morgan fingerprint density at radius 1 is 1.16 bits per heavy atom. The Kier molecular flexibility index (Phi) is 7.28. The monoisotopic (exact) mass is 531 g/mol. The summed E-state index contributed by atoms with van der Waals surface area (Å²) in [4.78, 5) is 47.5. The quantitative estimate of drug-likeness (QED) is 0.293. The Labute approximate surface area is 224 Å². The summed E-state index contributed by atoms with van der Waals surface area (Å²) < 4.78 is 10.8. The number of anilines is 1. The lowest BCUT2D eigenvalue weighted by Gasteiger charge is -2.18. The van der Waals surface area contributed by atoms with Crippen molar-refractivity contribution in [2.24, 2.45) is 5.92 Å². The summed E-state index contributed by atoms with van der Waals surface area (Å²) in [5, 5.41) is 3.26. The second kappa shape index (κ2) is 10.8. The van der Waals surface area contributed by atoms with Crippen molar-refractivity contribution in [3.05, 3.63) is 70.1 Å². The number of benzene rings is 2. The fraction of sp³-hybridized carbons (Fsp3) is 0.310. The molecule has 2 aromatic heterocycles. The molecule has 0 aliphatic heterocycles. The number of carbonyl (C=O) groups excluding carboxylic acids is 3. The van der Waals surface area contributed by atoms with Gasteiger partial charge in [0.2, 0.25) is 0 Å². The van der Waals surface area contributed by atoms with Crippen LogP contribution >= 0.6 is 11.3 Å². The van der Waals surface area contributed by atoms with E-state index in [1.54, 1.807) is 25.1 Å². The number of carbonyl (C=O) groups is 3. The van der Waals surface area contributed by atoms with Gasteiger partial charge >= 0.3 is 11.9 Å². The number of hydrogen-bond donors (Lipinski definition) is 2. The van der Waals surface area contributed by atoms with Crippen LogP contribution in [0.25, 0.3) is 22.4 Å². The third kappa shape index (κ3) is 5.19. The molecule has 4 aromatic rings. The first kappa shape index (κ1) is 25.7.